The number of fused-ring (bicyclic) bond motifs is 1. The second-order valence-electron chi connectivity index (χ2n) is 4.07. The molecule has 0 fully saturated rings. The number of nitrogens with zero attached hydrogens (tertiary/aromatic N) is 2. The van der Waals surface area contributed by atoms with Crippen molar-refractivity contribution in [1.29, 1.82) is 0 Å². The number of benzene rings is 1. The molecule has 0 radical (unpaired) electrons. The van der Waals surface area contributed by atoms with E-state index in [-0.39, 0.29) is 16.1 Å². The van der Waals surface area contributed by atoms with Crippen molar-refractivity contribution < 1.29 is 4.39 Å². The molecule has 5 nitrogen and oxygen atoms in total. The highest BCUT2D eigenvalue weighted by atomic mass is 32.1. The third-order valence-electron chi connectivity index (χ3n) is 2.82. The van der Waals surface area contributed by atoms with Crippen LogP contribution in [0.3, 0.4) is 0 Å². The Morgan fingerprint density at radius 1 is 1.32 bits per heavy atom. The number of halogens is 1. The number of hydrogen-bond acceptors (Lipinski definition) is 3. The van der Waals surface area contributed by atoms with Crippen molar-refractivity contribution in [3.63, 3.8) is 0 Å². The van der Waals surface area contributed by atoms with Crippen molar-refractivity contribution in [2.45, 2.75) is 6.54 Å². The quantitative estimate of drug-likeness (QED) is 0.703. The van der Waals surface area contributed by atoms with Gasteiger partial charge < -0.3 is 4.98 Å². The molecule has 2 aromatic heterocycles. The van der Waals surface area contributed by atoms with Gasteiger partial charge in [0.05, 0.1) is 12.9 Å². The summed E-state index contributed by atoms with van der Waals surface area (Å²) >= 11 is 5.14. The van der Waals surface area contributed by atoms with Gasteiger partial charge in [0.1, 0.15) is 11.3 Å². The van der Waals surface area contributed by atoms with E-state index in [1.165, 1.54) is 18.5 Å². The van der Waals surface area contributed by atoms with E-state index in [9.17, 15) is 9.18 Å². The van der Waals surface area contributed by atoms with Gasteiger partial charge in [0.2, 0.25) is 0 Å². The highest BCUT2D eigenvalue weighted by Gasteiger charge is 2.08. The Bertz CT molecular complexity index is 847. The molecule has 0 saturated heterocycles. The zero-order valence-corrected chi connectivity index (χ0v) is 10.5. The first-order valence-electron chi connectivity index (χ1n) is 5.56. The molecule has 0 aliphatic rings. The van der Waals surface area contributed by atoms with E-state index in [0.29, 0.717) is 17.7 Å². The molecule has 0 bridgehead atoms. The van der Waals surface area contributed by atoms with Crippen LogP contribution in [0.1, 0.15) is 5.56 Å². The van der Waals surface area contributed by atoms with Crippen LogP contribution in [0.4, 0.5) is 4.39 Å². The van der Waals surface area contributed by atoms with Crippen LogP contribution in [0.25, 0.3) is 11.2 Å². The zero-order valence-electron chi connectivity index (χ0n) is 9.68. The second-order valence-corrected chi connectivity index (χ2v) is 4.46. The monoisotopic (exact) mass is 276 g/mol. The molecule has 2 heterocycles. The Hall–Kier alpha value is -2.28. The normalized spacial score (nSPS) is 11.0. The van der Waals surface area contributed by atoms with E-state index in [0.717, 1.165) is 5.56 Å². The van der Waals surface area contributed by atoms with Crippen LogP contribution < -0.4 is 5.56 Å². The molecule has 19 heavy (non-hydrogen) atoms. The maximum absolute atomic E-state index is 12.9. The number of H-pyrrole nitrogens is 2. The molecule has 0 saturated carbocycles. The predicted octanol–water partition coefficient (Wildman–Crippen LogP) is 1.97. The Balaban J connectivity index is 2.15. The Labute approximate surface area is 111 Å². The van der Waals surface area contributed by atoms with E-state index in [2.05, 4.69) is 15.0 Å². The van der Waals surface area contributed by atoms with Crippen LogP contribution in [0, 0.1) is 10.6 Å². The number of aromatic amines is 2. The van der Waals surface area contributed by atoms with Crippen molar-refractivity contribution in [3.8, 4) is 0 Å². The van der Waals surface area contributed by atoms with Crippen molar-refractivity contribution in [2.24, 2.45) is 0 Å². The lowest BCUT2D eigenvalue weighted by Gasteiger charge is -2.07. The predicted molar refractivity (Wildman–Crippen MR) is 71.0 cm³/mol. The summed E-state index contributed by atoms with van der Waals surface area (Å²) in [6, 6.07) is 6.10. The van der Waals surface area contributed by atoms with Crippen LogP contribution in [0.15, 0.2) is 35.4 Å². The minimum atomic E-state index is -0.298. The molecule has 0 atom stereocenters. The SMILES string of the molecule is O=c1[nH]c(=S)n(Cc2ccc(F)cc2)c2nc[nH]c12. The maximum atomic E-state index is 12.9. The average molecular weight is 276 g/mol. The molecule has 0 unspecified atom stereocenters. The van der Waals surface area contributed by atoms with Gasteiger partial charge >= 0.3 is 0 Å². The molecule has 2 N–H and O–H groups in total. The first-order valence-corrected chi connectivity index (χ1v) is 5.96. The molecular formula is C12H9FN4OS. The molecule has 3 aromatic rings. The number of aromatic nitrogens is 4. The minimum Gasteiger partial charge on any atom is -0.339 e. The van der Waals surface area contributed by atoms with Gasteiger partial charge in [0.15, 0.2) is 10.4 Å². The van der Waals surface area contributed by atoms with Gasteiger partial charge in [-0.3, -0.25) is 14.3 Å². The minimum absolute atomic E-state index is 0.286. The van der Waals surface area contributed by atoms with Crippen LogP contribution >= 0.6 is 12.2 Å². The second kappa shape index (κ2) is 4.43. The summed E-state index contributed by atoms with van der Waals surface area (Å²) < 4.78 is 14.8. The van der Waals surface area contributed by atoms with E-state index < -0.39 is 0 Å². The highest BCUT2D eigenvalue weighted by molar-refractivity contribution is 7.71. The summed E-state index contributed by atoms with van der Waals surface area (Å²) in [6.07, 6.45) is 1.44. The van der Waals surface area contributed by atoms with E-state index in [1.54, 1.807) is 16.7 Å². The summed E-state index contributed by atoms with van der Waals surface area (Å²) in [4.78, 5) is 21.1. The lowest BCUT2D eigenvalue weighted by molar-refractivity contribution is 0.626. The summed E-state index contributed by atoms with van der Waals surface area (Å²) in [6.45, 7) is 0.414. The third kappa shape index (κ3) is 2.08. The lowest BCUT2D eigenvalue weighted by atomic mass is 10.2. The largest absolute Gasteiger partial charge is 0.339 e. The first kappa shape index (κ1) is 11.8. The Morgan fingerprint density at radius 3 is 2.79 bits per heavy atom. The smallest absolute Gasteiger partial charge is 0.277 e. The van der Waals surface area contributed by atoms with E-state index in [1.807, 2.05) is 0 Å². The van der Waals surface area contributed by atoms with Crippen LogP contribution in [0.5, 0.6) is 0 Å². The summed E-state index contributed by atoms with van der Waals surface area (Å²) in [5, 5.41) is 0. The van der Waals surface area contributed by atoms with Crippen molar-refractivity contribution in [3.05, 3.63) is 57.1 Å². The van der Waals surface area contributed by atoms with Gasteiger partial charge in [-0.2, -0.15) is 0 Å². The number of imidazole rings is 1. The molecular weight excluding hydrogens is 267 g/mol. The van der Waals surface area contributed by atoms with E-state index in [4.69, 9.17) is 12.2 Å². The fourth-order valence-electron chi connectivity index (χ4n) is 1.90. The fourth-order valence-corrected chi connectivity index (χ4v) is 2.14. The molecule has 0 amide bonds. The first-order chi connectivity index (χ1) is 9.15. The fraction of sp³-hybridized carbons (Fsp3) is 0.0833. The van der Waals surface area contributed by atoms with Crippen LogP contribution in [0.2, 0.25) is 0 Å². The number of rotatable bonds is 2. The van der Waals surface area contributed by atoms with Crippen LogP contribution in [-0.2, 0) is 6.54 Å². The van der Waals surface area contributed by atoms with Crippen molar-refractivity contribution >= 4 is 23.4 Å². The van der Waals surface area contributed by atoms with Crippen molar-refractivity contribution in [1.82, 2.24) is 19.5 Å². The van der Waals surface area contributed by atoms with E-state index >= 15 is 0 Å². The lowest BCUT2D eigenvalue weighted by Crippen LogP contribution is -2.15. The molecule has 0 spiro atoms. The third-order valence-corrected chi connectivity index (χ3v) is 3.14. The summed E-state index contributed by atoms with van der Waals surface area (Å²) in [5.74, 6) is -0.293. The van der Waals surface area contributed by atoms with Gasteiger partial charge in [-0.25, -0.2) is 9.37 Å². The molecule has 7 heteroatoms. The van der Waals surface area contributed by atoms with Crippen molar-refractivity contribution in [2.75, 3.05) is 0 Å². The van der Waals surface area contributed by atoms with Crippen LogP contribution in [-0.4, -0.2) is 19.5 Å². The molecule has 0 aliphatic carbocycles. The average Bonchev–Trinajstić information content (AvgIpc) is 2.86. The molecule has 96 valence electrons. The molecule has 3 rings (SSSR count). The van der Waals surface area contributed by atoms with Gasteiger partial charge in [-0.1, -0.05) is 12.1 Å². The molecule has 1 aromatic carbocycles. The number of nitrogens with one attached hydrogen (secondary N) is 2. The highest BCUT2D eigenvalue weighted by Crippen LogP contribution is 2.09. The Morgan fingerprint density at radius 2 is 2.05 bits per heavy atom. The zero-order chi connectivity index (χ0) is 13.4. The summed E-state index contributed by atoms with van der Waals surface area (Å²) in [5.41, 5.74) is 1.43. The maximum Gasteiger partial charge on any atom is 0.277 e. The van der Waals surface area contributed by atoms with Gasteiger partial charge in [0.25, 0.3) is 5.56 Å². The topological polar surface area (TPSA) is 66.5 Å². The summed E-state index contributed by atoms with van der Waals surface area (Å²) in [7, 11) is 0. The van der Waals surface area contributed by atoms with Gasteiger partial charge in [-0.05, 0) is 29.9 Å². The van der Waals surface area contributed by atoms with Gasteiger partial charge in [-0.15, -0.1) is 0 Å². The Kier molecular flexibility index (Phi) is 2.75. The number of hydrogen-bond donors (Lipinski definition) is 2. The van der Waals surface area contributed by atoms with Gasteiger partial charge in [0, 0.05) is 0 Å². The standard InChI is InChI=1S/C12H9FN4OS/c13-8-3-1-7(2-4-8)5-17-10-9(14-6-15-10)11(18)16-12(17)19/h1-4,6H,5H2,(H,14,15)(H,16,18,19). The molecule has 0 aliphatic heterocycles.